The molecule has 1 N–H and O–H groups in total. The molecule has 0 bridgehead atoms. The van der Waals surface area contributed by atoms with Crippen molar-refractivity contribution in [2.75, 3.05) is 13.2 Å². The third-order valence-electron chi connectivity index (χ3n) is 6.41. The maximum atomic E-state index is 12.5. The van der Waals surface area contributed by atoms with E-state index in [2.05, 4.69) is 61.0 Å². The molecule has 5 nitrogen and oxygen atoms in total. The van der Waals surface area contributed by atoms with Gasteiger partial charge in [-0.05, 0) is 67.1 Å². The molecule has 0 unspecified atom stereocenters. The highest BCUT2D eigenvalue weighted by atomic mass is 16.5. The lowest BCUT2D eigenvalue weighted by atomic mass is 9.87. The topological polar surface area (TPSA) is 56.2 Å². The van der Waals surface area contributed by atoms with Crippen molar-refractivity contribution >= 4 is 16.9 Å². The maximum Gasteiger partial charge on any atom is 0.251 e. The van der Waals surface area contributed by atoms with Crippen LogP contribution in [-0.4, -0.2) is 28.6 Å². The Morgan fingerprint density at radius 1 is 0.972 bits per heavy atom. The van der Waals surface area contributed by atoms with Crippen molar-refractivity contribution in [2.24, 2.45) is 0 Å². The van der Waals surface area contributed by atoms with Crippen LogP contribution in [-0.2, 0) is 18.4 Å². The fourth-order valence-electron chi connectivity index (χ4n) is 4.36. The van der Waals surface area contributed by atoms with E-state index in [1.165, 1.54) is 5.56 Å². The number of rotatable bonds is 10. The number of hydrogen-bond acceptors (Lipinski definition) is 3. The van der Waals surface area contributed by atoms with Gasteiger partial charge in [0.05, 0.1) is 17.6 Å². The quantitative estimate of drug-likeness (QED) is 0.263. The normalized spacial score (nSPS) is 11.6. The number of para-hydroxylation sites is 2. The van der Waals surface area contributed by atoms with Gasteiger partial charge in [-0.25, -0.2) is 4.98 Å². The zero-order valence-corrected chi connectivity index (χ0v) is 21.9. The van der Waals surface area contributed by atoms with Gasteiger partial charge in [0.2, 0.25) is 0 Å². The lowest BCUT2D eigenvalue weighted by Gasteiger charge is -2.19. The second-order valence-corrected chi connectivity index (χ2v) is 10.4. The standard InChI is InChI=1S/C31H37N3O2/c1-23-10-9-11-24(22-23)30(35)32-19-18-29-33-27-12-5-6-13-28(27)34(29)20-7-8-21-36-26-16-14-25(15-17-26)31(2,3)4/h5-6,9-17,22H,7-8,18-21H2,1-4H3,(H,32,35). The lowest BCUT2D eigenvalue weighted by Crippen LogP contribution is -2.26. The van der Waals surface area contributed by atoms with E-state index in [0.29, 0.717) is 25.1 Å². The number of aryl methyl sites for hydroxylation is 2. The number of nitrogens with zero attached hydrogens (tertiary/aromatic N) is 2. The van der Waals surface area contributed by atoms with E-state index in [1.807, 2.05) is 49.4 Å². The Hall–Kier alpha value is -3.60. The molecule has 4 rings (SSSR count). The Bertz CT molecular complexity index is 1300. The number of ether oxygens (including phenoxy) is 1. The van der Waals surface area contributed by atoms with Gasteiger partial charge in [-0.15, -0.1) is 0 Å². The number of nitrogens with one attached hydrogen (secondary N) is 1. The molecular formula is C31H37N3O2. The van der Waals surface area contributed by atoms with Crippen LogP contribution in [0.4, 0.5) is 0 Å². The van der Waals surface area contributed by atoms with Crippen molar-refractivity contribution in [1.29, 1.82) is 0 Å². The van der Waals surface area contributed by atoms with Crippen LogP contribution in [0.1, 0.15) is 60.9 Å². The zero-order valence-electron chi connectivity index (χ0n) is 21.9. The maximum absolute atomic E-state index is 12.5. The molecule has 0 aliphatic carbocycles. The van der Waals surface area contributed by atoms with Gasteiger partial charge in [-0.1, -0.05) is 62.7 Å². The average Bonchev–Trinajstić information content (AvgIpc) is 3.21. The highest BCUT2D eigenvalue weighted by Gasteiger charge is 2.13. The van der Waals surface area contributed by atoms with E-state index in [4.69, 9.17) is 9.72 Å². The summed E-state index contributed by atoms with van der Waals surface area (Å²) in [4.78, 5) is 17.4. The monoisotopic (exact) mass is 483 g/mol. The Balaban J connectivity index is 1.31. The van der Waals surface area contributed by atoms with Crippen LogP contribution in [0.15, 0.2) is 72.8 Å². The van der Waals surface area contributed by atoms with Gasteiger partial charge in [0.15, 0.2) is 0 Å². The van der Waals surface area contributed by atoms with Crippen molar-refractivity contribution in [3.8, 4) is 5.75 Å². The first kappa shape index (κ1) is 25.5. The summed E-state index contributed by atoms with van der Waals surface area (Å²) in [5, 5.41) is 3.04. The Morgan fingerprint density at radius 3 is 2.50 bits per heavy atom. The molecule has 0 saturated carbocycles. The molecule has 188 valence electrons. The number of unbranched alkanes of at least 4 members (excludes halogenated alkanes) is 1. The van der Waals surface area contributed by atoms with Crippen LogP contribution in [0.25, 0.3) is 11.0 Å². The summed E-state index contributed by atoms with van der Waals surface area (Å²) < 4.78 is 8.26. The molecule has 0 saturated heterocycles. The second-order valence-electron chi connectivity index (χ2n) is 10.4. The number of benzene rings is 3. The van der Waals surface area contributed by atoms with Crippen molar-refractivity contribution in [3.63, 3.8) is 0 Å². The first-order valence-corrected chi connectivity index (χ1v) is 12.8. The predicted octanol–water partition coefficient (Wildman–Crippen LogP) is 6.47. The van der Waals surface area contributed by atoms with Gasteiger partial charge in [-0.2, -0.15) is 0 Å². The highest BCUT2D eigenvalue weighted by Crippen LogP contribution is 2.24. The Morgan fingerprint density at radius 2 is 1.75 bits per heavy atom. The molecule has 0 radical (unpaired) electrons. The lowest BCUT2D eigenvalue weighted by molar-refractivity contribution is 0.0954. The van der Waals surface area contributed by atoms with Gasteiger partial charge in [-0.3, -0.25) is 4.79 Å². The minimum atomic E-state index is -0.0472. The zero-order chi connectivity index (χ0) is 25.5. The summed E-state index contributed by atoms with van der Waals surface area (Å²) in [6, 6.07) is 24.3. The first-order valence-electron chi connectivity index (χ1n) is 12.8. The summed E-state index contributed by atoms with van der Waals surface area (Å²) in [5.41, 5.74) is 5.35. The molecular weight excluding hydrogens is 446 g/mol. The smallest absolute Gasteiger partial charge is 0.251 e. The van der Waals surface area contributed by atoms with Gasteiger partial charge < -0.3 is 14.6 Å². The molecule has 3 aromatic carbocycles. The number of carbonyl (C=O) groups is 1. The van der Waals surface area contributed by atoms with Gasteiger partial charge in [0.1, 0.15) is 11.6 Å². The fourth-order valence-corrected chi connectivity index (χ4v) is 4.36. The van der Waals surface area contributed by atoms with Crippen molar-refractivity contribution in [2.45, 2.75) is 58.9 Å². The third kappa shape index (κ3) is 6.54. The SMILES string of the molecule is Cc1cccc(C(=O)NCCc2nc3ccccc3n2CCCCOc2ccc(C(C)(C)C)cc2)c1. The molecule has 0 fully saturated rings. The molecule has 36 heavy (non-hydrogen) atoms. The third-order valence-corrected chi connectivity index (χ3v) is 6.41. The minimum Gasteiger partial charge on any atom is -0.494 e. The first-order chi connectivity index (χ1) is 17.3. The molecule has 5 heteroatoms. The minimum absolute atomic E-state index is 0.0472. The molecule has 0 aliphatic rings. The largest absolute Gasteiger partial charge is 0.494 e. The van der Waals surface area contributed by atoms with Crippen LogP contribution < -0.4 is 10.1 Å². The van der Waals surface area contributed by atoms with Gasteiger partial charge in [0.25, 0.3) is 5.91 Å². The molecule has 0 atom stereocenters. The molecule has 0 spiro atoms. The Labute approximate surface area is 214 Å². The van der Waals surface area contributed by atoms with E-state index in [-0.39, 0.29) is 11.3 Å². The van der Waals surface area contributed by atoms with E-state index >= 15 is 0 Å². The van der Waals surface area contributed by atoms with Crippen molar-refractivity contribution in [1.82, 2.24) is 14.9 Å². The van der Waals surface area contributed by atoms with Crippen LogP contribution >= 0.6 is 0 Å². The van der Waals surface area contributed by atoms with E-state index in [9.17, 15) is 4.79 Å². The predicted molar refractivity (Wildman–Crippen MR) is 147 cm³/mol. The molecule has 4 aromatic rings. The molecule has 1 heterocycles. The second kappa shape index (κ2) is 11.4. The van der Waals surface area contributed by atoms with E-state index in [0.717, 1.165) is 47.6 Å². The number of amides is 1. The van der Waals surface area contributed by atoms with Crippen LogP contribution in [0, 0.1) is 6.92 Å². The van der Waals surface area contributed by atoms with Gasteiger partial charge >= 0.3 is 0 Å². The molecule has 1 amide bonds. The number of fused-ring (bicyclic) bond motifs is 1. The number of carbonyl (C=O) groups excluding carboxylic acids is 1. The summed E-state index contributed by atoms with van der Waals surface area (Å²) in [5.74, 6) is 1.87. The van der Waals surface area contributed by atoms with Crippen molar-refractivity contribution < 1.29 is 9.53 Å². The fraction of sp³-hybridized carbons (Fsp3) is 0.355. The van der Waals surface area contributed by atoms with Crippen LogP contribution in [0.5, 0.6) is 5.75 Å². The van der Waals surface area contributed by atoms with E-state index < -0.39 is 0 Å². The van der Waals surface area contributed by atoms with E-state index in [1.54, 1.807) is 0 Å². The summed E-state index contributed by atoms with van der Waals surface area (Å²) in [6.45, 7) is 10.7. The number of imidazole rings is 1. The average molecular weight is 484 g/mol. The number of hydrogen-bond donors (Lipinski definition) is 1. The van der Waals surface area contributed by atoms with Gasteiger partial charge in [0, 0.05) is 25.1 Å². The molecule has 1 aromatic heterocycles. The summed E-state index contributed by atoms with van der Waals surface area (Å²) in [7, 11) is 0. The van der Waals surface area contributed by atoms with Crippen LogP contribution in [0.3, 0.4) is 0 Å². The van der Waals surface area contributed by atoms with Crippen LogP contribution in [0.2, 0.25) is 0 Å². The molecule has 0 aliphatic heterocycles. The number of aromatic nitrogens is 2. The summed E-state index contributed by atoms with van der Waals surface area (Å²) in [6.07, 6.45) is 2.63. The highest BCUT2D eigenvalue weighted by molar-refractivity contribution is 5.94. The summed E-state index contributed by atoms with van der Waals surface area (Å²) >= 11 is 0. The Kier molecular flexibility index (Phi) is 8.09. The van der Waals surface area contributed by atoms with Crippen molar-refractivity contribution in [3.05, 3.63) is 95.3 Å².